The summed E-state index contributed by atoms with van der Waals surface area (Å²) in [4.78, 5) is 4.52. The quantitative estimate of drug-likeness (QED) is 0.538. The summed E-state index contributed by atoms with van der Waals surface area (Å²) in [7, 11) is 0. The average molecular weight is 364 g/mol. The highest BCUT2D eigenvalue weighted by Crippen LogP contribution is 2.22. The van der Waals surface area contributed by atoms with E-state index in [9.17, 15) is 5.11 Å². The van der Waals surface area contributed by atoms with Gasteiger partial charge in [-0.2, -0.15) is 0 Å². The van der Waals surface area contributed by atoms with Crippen LogP contribution in [0.3, 0.4) is 0 Å². The van der Waals surface area contributed by atoms with Gasteiger partial charge in [0.05, 0.1) is 12.3 Å². The number of rotatable bonds is 9. The second-order valence-corrected chi connectivity index (χ2v) is 6.83. The summed E-state index contributed by atoms with van der Waals surface area (Å²) in [5, 5.41) is 13.1. The minimum atomic E-state index is -0.555. The molecule has 0 amide bonds. The van der Waals surface area contributed by atoms with E-state index in [2.05, 4.69) is 17.1 Å². The normalized spacial score (nSPS) is 12.3. The van der Waals surface area contributed by atoms with Crippen LogP contribution in [0, 0.1) is 6.07 Å². The molecule has 4 heteroatoms. The SMILES string of the molecule is OC(Cc1ccccc1)c1nc(/C=C/CCCOc2[c]cccc2)cs1. The van der Waals surface area contributed by atoms with Crippen LogP contribution in [0.5, 0.6) is 5.75 Å². The molecule has 0 aliphatic heterocycles. The molecular weight excluding hydrogens is 342 g/mol. The summed E-state index contributed by atoms with van der Waals surface area (Å²) < 4.78 is 5.61. The van der Waals surface area contributed by atoms with Gasteiger partial charge in [0.15, 0.2) is 0 Å². The van der Waals surface area contributed by atoms with Gasteiger partial charge in [0.2, 0.25) is 0 Å². The maximum atomic E-state index is 10.3. The minimum Gasteiger partial charge on any atom is -0.493 e. The molecule has 1 N–H and O–H groups in total. The van der Waals surface area contributed by atoms with E-state index in [1.54, 1.807) is 0 Å². The zero-order valence-electron chi connectivity index (χ0n) is 14.5. The van der Waals surface area contributed by atoms with Crippen LogP contribution in [0.15, 0.2) is 66.1 Å². The van der Waals surface area contributed by atoms with Crippen molar-refractivity contribution in [2.24, 2.45) is 0 Å². The summed E-state index contributed by atoms with van der Waals surface area (Å²) in [6.45, 7) is 0.670. The maximum absolute atomic E-state index is 10.3. The first-order valence-electron chi connectivity index (χ1n) is 8.75. The third-order valence-corrected chi connectivity index (χ3v) is 4.80. The fourth-order valence-electron chi connectivity index (χ4n) is 2.51. The molecule has 0 saturated carbocycles. The maximum Gasteiger partial charge on any atom is 0.127 e. The van der Waals surface area contributed by atoms with E-state index in [1.165, 1.54) is 11.3 Å². The van der Waals surface area contributed by atoms with Gasteiger partial charge in [-0.15, -0.1) is 11.3 Å². The van der Waals surface area contributed by atoms with Gasteiger partial charge in [-0.3, -0.25) is 0 Å². The first-order valence-corrected chi connectivity index (χ1v) is 9.63. The van der Waals surface area contributed by atoms with Gasteiger partial charge in [0.25, 0.3) is 0 Å². The van der Waals surface area contributed by atoms with Crippen molar-refractivity contribution in [2.45, 2.75) is 25.4 Å². The van der Waals surface area contributed by atoms with Crippen molar-refractivity contribution in [3.05, 3.63) is 88.4 Å². The molecule has 1 aromatic heterocycles. The van der Waals surface area contributed by atoms with Gasteiger partial charge in [-0.05, 0) is 30.5 Å². The smallest absolute Gasteiger partial charge is 0.127 e. The van der Waals surface area contributed by atoms with E-state index < -0.39 is 6.10 Å². The highest BCUT2D eigenvalue weighted by Gasteiger charge is 2.12. The zero-order chi connectivity index (χ0) is 18.0. The van der Waals surface area contributed by atoms with Crippen molar-refractivity contribution in [3.63, 3.8) is 0 Å². The molecule has 3 aromatic rings. The molecule has 0 saturated heterocycles. The molecule has 0 fully saturated rings. The predicted octanol–water partition coefficient (Wildman–Crippen LogP) is 5.09. The van der Waals surface area contributed by atoms with Crippen molar-refractivity contribution >= 4 is 17.4 Å². The summed E-state index contributed by atoms with van der Waals surface area (Å²) in [6.07, 6.45) is 5.99. The molecule has 3 nitrogen and oxygen atoms in total. The van der Waals surface area contributed by atoms with Crippen molar-refractivity contribution in [1.82, 2.24) is 4.98 Å². The number of aliphatic hydroxyl groups is 1. The molecule has 2 aromatic carbocycles. The van der Waals surface area contributed by atoms with E-state index in [4.69, 9.17) is 4.74 Å². The van der Waals surface area contributed by atoms with Gasteiger partial charge in [-0.1, -0.05) is 54.6 Å². The van der Waals surface area contributed by atoms with Gasteiger partial charge < -0.3 is 9.84 Å². The first-order chi connectivity index (χ1) is 12.8. The molecule has 26 heavy (non-hydrogen) atoms. The van der Waals surface area contributed by atoms with Crippen LogP contribution in [0.25, 0.3) is 6.08 Å². The fourth-order valence-corrected chi connectivity index (χ4v) is 3.28. The highest BCUT2D eigenvalue weighted by atomic mass is 32.1. The number of unbranched alkanes of at least 4 members (excludes halogenated alkanes) is 1. The Kier molecular flexibility index (Phi) is 6.99. The van der Waals surface area contributed by atoms with Crippen molar-refractivity contribution < 1.29 is 9.84 Å². The van der Waals surface area contributed by atoms with E-state index in [-0.39, 0.29) is 0 Å². The molecule has 1 heterocycles. The lowest BCUT2D eigenvalue weighted by Crippen LogP contribution is -2.01. The zero-order valence-corrected chi connectivity index (χ0v) is 15.4. The van der Waals surface area contributed by atoms with Gasteiger partial charge >= 0.3 is 0 Å². The Hall–Kier alpha value is -2.43. The van der Waals surface area contributed by atoms with E-state index in [0.29, 0.717) is 13.0 Å². The highest BCUT2D eigenvalue weighted by molar-refractivity contribution is 7.09. The number of thiazole rings is 1. The Labute approximate surface area is 158 Å². The summed E-state index contributed by atoms with van der Waals surface area (Å²) in [5.41, 5.74) is 2.01. The Morgan fingerprint density at radius 3 is 2.81 bits per heavy atom. The number of nitrogens with zero attached hydrogens (tertiary/aromatic N) is 1. The summed E-state index contributed by atoms with van der Waals surface area (Å²) in [6, 6.07) is 20.7. The number of hydrogen-bond acceptors (Lipinski definition) is 4. The van der Waals surface area contributed by atoms with Crippen molar-refractivity contribution in [2.75, 3.05) is 6.61 Å². The number of benzene rings is 2. The Bertz CT molecular complexity index is 799. The van der Waals surface area contributed by atoms with Gasteiger partial charge in [-0.25, -0.2) is 4.98 Å². The number of allylic oxidation sites excluding steroid dienone is 1. The Balaban J connectivity index is 1.40. The monoisotopic (exact) mass is 364 g/mol. The number of hydrogen-bond donors (Lipinski definition) is 1. The third-order valence-electron chi connectivity index (χ3n) is 3.84. The Morgan fingerprint density at radius 2 is 2.00 bits per heavy atom. The standard InChI is InChI=1S/C22H22NO2S/c24-21(16-18-10-4-1-5-11-18)22-23-19(17-26-22)12-6-3-9-15-25-20-13-7-2-8-14-20/h1-2,4-8,10-13,17,21,24H,3,9,15-16H2/b12-6+. The second kappa shape index (κ2) is 9.90. The fraction of sp³-hybridized carbons (Fsp3) is 0.227. The molecule has 1 unspecified atom stereocenters. The van der Waals surface area contributed by atoms with Crippen LogP contribution in [0.2, 0.25) is 0 Å². The van der Waals surface area contributed by atoms with Crippen LogP contribution in [-0.4, -0.2) is 16.7 Å². The van der Waals surface area contributed by atoms with Crippen LogP contribution >= 0.6 is 11.3 Å². The van der Waals surface area contributed by atoms with Gasteiger partial charge in [0, 0.05) is 17.9 Å². The summed E-state index contributed by atoms with van der Waals surface area (Å²) >= 11 is 1.50. The van der Waals surface area contributed by atoms with Crippen molar-refractivity contribution in [1.29, 1.82) is 0 Å². The van der Waals surface area contributed by atoms with Gasteiger partial charge in [0.1, 0.15) is 16.9 Å². The molecule has 0 spiro atoms. The molecule has 1 atom stereocenters. The Morgan fingerprint density at radius 1 is 1.15 bits per heavy atom. The third kappa shape index (κ3) is 5.83. The van der Waals surface area contributed by atoms with Crippen LogP contribution in [0.4, 0.5) is 0 Å². The molecule has 3 rings (SSSR count). The molecule has 0 aliphatic rings. The topological polar surface area (TPSA) is 42.4 Å². The van der Waals surface area contributed by atoms with E-state index >= 15 is 0 Å². The van der Waals surface area contributed by atoms with E-state index in [0.717, 1.165) is 34.9 Å². The lowest BCUT2D eigenvalue weighted by atomic mass is 10.1. The van der Waals surface area contributed by atoms with Crippen LogP contribution in [-0.2, 0) is 6.42 Å². The second-order valence-electron chi connectivity index (χ2n) is 5.94. The number of para-hydroxylation sites is 1. The summed E-state index contributed by atoms with van der Waals surface area (Å²) in [5.74, 6) is 0.785. The number of ether oxygens (including phenoxy) is 1. The number of aromatic nitrogens is 1. The lowest BCUT2D eigenvalue weighted by Gasteiger charge is -2.06. The number of aliphatic hydroxyl groups excluding tert-OH is 1. The molecular formula is C22H22NO2S. The molecule has 1 radical (unpaired) electrons. The average Bonchev–Trinajstić information content (AvgIpc) is 3.15. The predicted molar refractivity (Wildman–Crippen MR) is 106 cm³/mol. The molecule has 0 aliphatic carbocycles. The van der Waals surface area contributed by atoms with Crippen LogP contribution in [0.1, 0.15) is 35.2 Å². The largest absolute Gasteiger partial charge is 0.493 e. The lowest BCUT2D eigenvalue weighted by molar-refractivity contribution is 0.178. The molecule has 0 bridgehead atoms. The van der Waals surface area contributed by atoms with Crippen LogP contribution < -0.4 is 4.74 Å². The first kappa shape index (κ1) is 18.4. The van der Waals surface area contributed by atoms with E-state index in [1.807, 2.05) is 66.1 Å². The van der Waals surface area contributed by atoms with Crippen molar-refractivity contribution in [3.8, 4) is 5.75 Å². The molecule has 133 valence electrons. The minimum absolute atomic E-state index is 0.555.